The maximum absolute atomic E-state index is 11.8. The first-order valence-electron chi connectivity index (χ1n) is 4.65. The van der Waals surface area contributed by atoms with E-state index < -0.39 is 5.41 Å². The van der Waals surface area contributed by atoms with E-state index in [-0.39, 0.29) is 11.4 Å². The van der Waals surface area contributed by atoms with Gasteiger partial charge in [0, 0.05) is 11.5 Å². The van der Waals surface area contributed by atoms with E-state index in [9.17, 15) is 4.79 Å². The van der Waals surface area contributed by atoms with E-state index in [2.05, 4.69) is 0 Å². The topological polar surface area (TPSA) is 54.0 Å². The van der Waals surface area contributed by atoms with Crippen LogP contribution in [0.5, 0.6) is 0 Å². The molecule has 0 saturated heterocycles. The van der Waals surface area contributed by atoms with Crippen molar-refractivity contribution in [1.29, 1.82) is 5.26 Å². The highest BCUT2D eigenvalue weighted by atomic mass is 16.3. The van der Waals surface area contributed by atoms with E-state index in [4.69, 9.17) is 9.68 Å². The lowest BCUT2D eigenvalue weighted by Crippen LogP contribution is -2.21. The van der Waals surface area contributed by atoms with Crippen LogP contribution in [-0.2, 0) is 4.79 Å². The molecule has 0 aromatic carbocycles. The second-order valence-electron chi connectivity index (χ2n) is 4.26. The van der Waals surface area contributed by atoms with Gasteiger partial charge < -0.3 is 4.42 Å². The first-order chi connectivity index (χ1) is 6.95. The van der Waals surface area contributed by atoms with Crippen LogP contribution in [0.4, 0.5) is 0 Å². The summed E-state index contributed by atoms with van der Waals surface area (Å²) in [6.45, 7) is 5.34. The molecule has 3 heteroatoms. The van der Waals surface area contributed by atoms with Crippen molar-refractivity contribution in [3.8, 4) is 6.07 Å². The van der Waals surface area contributed by atoms with Gasteiger partial charge in [-0.3, -0.25) is 4.79 Å². The molecule has 0 spiro atoms. The number of Topliss-reactive ketones (excluding diaryl/α,β-unsaturated/α-hetero) is 1. The fraction of sp³-hybridized carbons (Fsp3) is 0.333. The summed E-state index contributed by atoms with van der Waals surface area (Å²) in [4.78, 5) is 11.8. The number of nitriles is 1. The summed E-state index contributed by atoms with van der Waals surface area (Å²) in [7, 11) is 0. The molecule has 0 atom stereocenters. The molecule has 0 N–H and O–H groups in total. The third-order valence-corrected chi connectivity index (χ3v) is 1.88. The quantitative estimate of drug-likeness (QED) is 0.548. The summed E-state index contributed by atoms with van der Waals surface area (Å²) in [5.74, 6) is 0.338. The van der Waals surface area contributed by atoms with Crippen LogP contribution in [0.2, 0.25) is 0 Å². The fourth-order valence-electron chi connectivity index (χ4n) is 1.07. The molecule has 78 valence electrons. The van der Waals surface area contributed by atoms with E-state index in [1.807, 2.05) is 6.07 Å². The molecule has 15 heavy (non-hydrogen) atoms. The largest absolute Gasteiger partial charge is 0.465 e. The Hall–Kier alpha value is -1.82. The average molecular weight is 203 g/mol. The Bertz CT molecular complexity index is 413. The average Bonchev–Trinajstić information content (AvgIpc) is 2.64. The summed E-state index contributed by atoms with van der Waals surface area (Å²) in [6, 6.07) is 5.31. The second-order valence-corrected chi connectivity index (χ2v) is 4.26. The molecule has 1 aromatic rings. The van der Waals surface area contributed by atoms with Crippen molar-refractivity contribution in [1.82, 2.24) is 0 Å². The van der Waals surface area contributed by atoms with Gasteiger partial charge in [-0.05, 0) is 12.1 Å². The summed E-state index contributed by atoms with van der Waals surface area (Å²) >= 11 is 0. The molecule has 1 rings (SSSR count). The number of carbonyl (C=O) groups excluding carboxylic acids is 1. The monoisotopic (exact) mass is 203 g/mol. The van der Waals surface area contributed by atoms with Crippen LogP contribution in [0, 0.1) is 16.7 Å². The third kappa shape index (κ3) is 2.81. The molecule has 1 heterocycles. The highest BCUT2D eigenvalue weighted by Gasteiger charge is 2.25. The summed E-state index contributed by atoms with van der Waals surface area (Å²) in [6.07, 6.45) is 2.97. The third-order valence-electron chi connectivity index (χ3n) is 1.88. The number of carbonyl (C=O) groups is 1. The van der Waals surface area contributed by atoms with Crippen LogP contribution in [0.15, 0.2) is 28.4 Å². The zero-order chi connectivity index (χ0) is 11.5. The van der Waals surface area contributed by atoms with Gasteiger partial charge in [0.15, 0.2) is 5.78 Å². The zero-order valence-electron chi connectivity index (χ0n) is 9.07. The van der Waals surface area contributed by atoms with E-state index in [0.717, 1.165) is 0 Å². The molecule has 0 fully saturated rings. The van der Waals surface area contributed by atoms with Crippen molar-refractivity contribution >= 4 is 11.9 Å². The number of hydrogen-bond donors (Lipinski definition) is 0. The van der Waals surface area contributed by atoms with Gasteiger partial charge in [0.2, 0.25) is 0 Å². The number of allylic oxidation sites excluding steroid dienone is 1. The number of hydrogen-bond acceptors (Lipinski definition) is 3. The lowest BCUT2D eigenvalue weighted by molar-refractivity contribution is -0.121. The Morgan fingerprint density at radius 2 is 2.20 bits per heavy atom. The lowest BCUT2D eigenvalue weighted by atomic mass is 9.86. The van der Waals surface area contributed by atoms with Gasteiger partial charge in [-0.25, -0.2) is 0 Å². The van der Waals surface area contributed by atoms with Crippen molar-refractivity contribution < 1.29 is 9.21 Å². The molecule has 0 radical (unpaired) electrons. The summed E-state index contributed by atoms with van der Waals surface area (Å²) in [5, 5.41) is 8.88. The molecule has 0 unspecified atom stereocenters. The van der Waals surface area contributed by atoms with E-state index in [0.29, 0.717) is 5.76 Å². The minimum Gasteiger partial charge on any atom is -0.465 e. The van der Waals surface area contributed by atoms with Crippen molar-refractivity contribution in [3.63, 3.8) is 0 Å². The molecule has 1 aromatic heterocycles. The predicted octanol–water partition coefficient (Wildman–Crippen LogP) is 2.80. The van der Waals surface area contributed by atoms with Gasteiger partial charge >= 0.3 is 0 Å². The Morgan fingerprint density at radius 1 is 1.53 bits per heavy atom. The first-order valence-corrected chi connectivity index (χ1v) is 4.65. The molecular formula is C12H13NO2. The van der Waals surface area contributed by atoms with Gasteiger partial charge in [-0.2, -0.15) is 5.26 Å². The standard InChI is InChI=1S/C12H13NO2/c1-12(2,3)11(14)9(8-13)7-10-5-4-6-15-10/h4-7H,1-3H3/b9-7+. The maximum Gasteiger partial charge on any atom is 0.178 e. The minimum absolute atomic E-state index is 0.123. The molecule has 0 aliphatic rings. The van der Waals surface area contributed by atoms with Gasteiger partial charge in [-0.1, -0.05) is 20.8 Å². The van der Waals surface area contributed by atoms with Crippen molar-refractivity contribution in [3.05, 3.63) is 29.7 Å². The molecular weight excluding hydrogens is 190 g/mol. The van der Waals surface area contributed by atoms with Crippen LogP contribution in [0.25, 0.3) is 6.08 Å². The summed E-state index contributed by atoms with van der Waals surface area (Å²) < 4.78 is 5.05. The highest BCUT2D eigenvalue weighted by Crippen LogP contribution is 2.21. The van der Waals surface area contributed by atoms with Crippen LogP contribution < -0.4 is 0 Å². The number of ketones is 1. The van der Waals surface area contributed by atoms with Crippen LogP contribution in [0.1, 0.15) is 26.5 Å². The van der Waals surface area contributed by atoms with Crippen molar-refractivity contribution in [2.24, 2.45) is 5.41 Å². The van der Waals surface area contributed by atoms with Gasteiger partial charge in [-0.15, -0.1) is 0 Å². The smallest absolute Gasteiger partial charge is 0.178 e. The molecule has 0 aliphatic carbocycles. The van der Waals surface area contributed by atoms with Crippen LogP contribution >= 0.6 is 0 Å². The molecule has 3 nitrogen and oxygen atoms in total. The van der Waals surface area contributed by atoms with Gasteiger partial charge in [0.1, 0.15) is 11.8 Å². The van der Waals surface area contributed by atoms with Crippen LogP contribution in [-0.4, -0.2) is 5.78 Å². The van der Waals surface area contributed by atoms with Crippen molar-refractivity contribution in [2.75, 3.05) is 0 Å². The number of furan rings is 1. The van der Waals surface area contributed by atoms with Crippen LogP contribution in [0.3, 0.4) is 0 Å². The Kier molecular flexibility index (Phi) is 3.11. The Morgan fingerprint density at radius 3 is 2.60 bits per heavy atom. The molecule has 0 bridgehead atoms. The minimum atomic E-state index is -0.547. The highest BCUT2D eigenvalue weighted by molar-refractivity contribution is 6.05. The Balaban J connectivity index is 3.02. The van der Waals surface area contributed by atoms with Crippen molar-refractivity contribution in [2.45, 2.75) is 20.8 Å². The fourth-order valence-corrected chi connectivity index (χ4v) is 1.07. The lowest BCUT2D eigenvalue weighted by Gasteiger charge is -2.14. The predicted molar refractivity (Wildman–Crippen MR) is 56.8 cm³/mol. The molecule has 0 aliphatic heterocycles. The maximum atomic E-state index is 11.8. The zero-order valence-corrected chi connectivity index (χ0v) is 9.07. The summed E-state index contributed by atoms with van der Waals surface area (Å²) in [5.41, 5.74) is -0.425. The number of nitrogens with zero attached hydrogens (tertiary/aromatic N) is 1. The Labute approximate surface area is 89.0 Å². The van der Waals surface area contributed by atoms with E-state index >= 15 is 0 Å². The first kappa shape index (κ1) is 11.3. The van der Waals surface area contributed by atoms with E-state index in [1.165, 1.54) is 12.3 Å². The second kappa shape index (κ2) is 4.14. The molecule has 0 saturated carbocycles. The normalized spacial score (nSPS) is 12.3. The molecule has 0 amide bonds. The SMILES string of the molecule is CC(C)(C)C(=O)/C(C#N)=C/c1ccco1. The number of rotatable bonds is 2. The van der Waals surface area contributed by atoms with Gasteiger partial charge in [0.05, 0.1) is 11.8 Å². The van der Waals surface area contributed by atoms with Gasteiger partial charge in [0.25, 0.3) is 0 Å². The van der Waals surface area contributed by atoms with E-state index in [1.54, 1.807) is 32.9 Å².